The van der Waals surface area contributed by atoms with Gasteiger partial charge < -0.3 is 9.30 Å². The number of fused-ring (bicyclic) bond motifs is 15. The summed E-state index contributed by atoms with van der Waals surface area (Å²) < 4.78 is 9.90. The van der Waals surface area contributed by atoms with Crippen molar-refractivity contribution in [2.24, 2.45) is 0 Å². The molecule has 0 fully saturated rings. The second-order valence-corrected chi connectivity index (χ2v) is 16.3. The summed E-state index contributed by atoms with van der Waals surface area (Å²) in [6, 6.07) is 82.2. The third kappa shape index (κ3) is 4.73. The van der Waals surface area contributed by atoms with Gasteiger partial charge in [0.15, 0.2) is 0 Å². The predicted molar refractivity (Wildman–Crippen MR) is 255 cm³/mol. The van der Waals surface area contributed by atoms with Crippen molar-refractivity contribution in [2.75, 3.05) is 0 Å². The van der Waals surface area contributed by atoms with Crippen LogP contribution in [0.1, 0.15) is 22.3 Å². The van der Waals surface area contributed by atoms with Gasteiger partial charge in [-0.3, -0.25) is 0 Å². The van der Waals surface area contributed by atoms with Crippen LogP contribution < -0.4 is 4.74 Å². The third-order valence-electron chi connectivity index (χ3n) is 13.3. The molecule has 1 aliphatic heterocycles. The normalized spacial score (nSPS) is 13.2. The number of nitrogens with zero attached hydrogens (tertiary/aromatic N) is 1. The highest BCUT2D eigenvalue weighted by Crippen LogP contribution is 2.62. The van der Waals surface area contributed by atoms with Gasteiger partial charge in [-0.2, -0.15) is 0 Å². The van der Waals surface area contributed by atoms with Gasteiger partial charge in [0, 0.05) is 38.4 Å². The molecule has 0 unspecified atom stereocenters. The maximum atomic E-state index is 7.52. The first kappa shape index (κ1) is 34.0. The Morgan fingerprint density at radius 2 is 0.705 bits per heavy atom. The molecule has 13 rings (SSSR count). The average Bonchev–Trinajstić information content (AvgIpc) is 3.68. The van der Waals surface area contributed by atoms with Crippen LogP contribution in [0, 0.1) is 0 Å². The molecule has 11 aromatic carbocycles. The summed E-state index contributed by atoms with van der Waals surface area (Å²) >= 11 is 0. The Hall–Kier alpha value is -7.94. The number of aromatic nitrogens is 1. The highest BCUT2D eigenvalue weighted by Gasteiger charge is 2.49. The molecule has 0 saturated carbocycles. The van der Waals surface area contributed by atoms with Crippen LogP contribution in [0.5, 0.6) is 11.5 Å². The monoisotopic (exact) mass is 775 g/mol. The van der Waals surface area contributed by atoms with E-state index in [4.69, 9.17) is 4.74 Å². The molecule has 2 heteroatoms. The van der Waals surface area contributed by atoms with E-state index in [9.17, 15) is 0 Å². The van der Waals surface area contributed by atoms with Crippen LogP contribution in [0.2, 0.25) is 0 Å². The maximum Gasteiger partial charge on any atom is 0.140 e. The quantitative estimate of drug-likeness (QED) is 0.162. The van der Waals surface area contributed by atoms with Crippen molar-refractivity contribution in [1.29, 1.82) is 0 Å². The first-order chi connectivity index (χ1) is 30.3. The van der Waals surface area contributed by atoms with Gasteiger partial charge in [-0.25, -0.2) is 0 Å². The Labute approximate surface area is 353 Å². The van der Waals surface area contributed by atoms with Crippen molar-refractivity contribution in [3.05, 3.63) is 247 Å². The van der Waals surface area contributed by atoms with E-state index >= 15 is 0 Å². The van der Waals surface area contributed by atoms with E-state index in [1.165, 1.54) is 87.5 Å². The van der Waals surface area contributed by atoms with E-state index in [-0.39, 0.29) is 0 Å². The van der Waals surface area contributed by atoms with Crippen LogP contribution in [0.15, 0.2) is 224 Å². The molecule has 0 bridgehead atoms. The first-order valence-corrected chi connectivity index (χ1v) is 21.1. The Kier molecular flexibility index (Phi) is 7.26. The summed E-state index contributed by atoms with van der Waals surface area (Å²) in [5.74, 6) is 1.82. The zero-order chi connectivity index (χ0) is 40.1. The Bertz CT molecular complexity index is 3590. The van der Waals surface area contributed by atoms with Gasteiger partial charge in [0.05, 0.1) is 16.4 Å². The lowest BCUT2D eigenvalue weighted by molar-refractivity contribution is 0.449. The molecule has 61 heavy (non-hydrogen) atoms. The van der Waals surface area contributed by atoms with Crippen LogP contribution in [0.4, 0.5) is 0 Å². The van der Waals surface area contributed by atoms with Crippen LogP contribution >= 0.6 is 0 Å². The van der Waals surface area contributed by atoms with Gasteiger partial charge in [0.2, 0.25) is 0 Å². The number of rotatable bonds is 4. The summed E-state index contributed by atoms with van der Waals surface area (Å²) in [7, 11) is 0. The third-order valence-corrected chi connectivity index (χ3v) is 13.3. The topological polar surface area (TPSA) is 14.2 Å². The number of benzene rings is 11. The van der Waals surface area contributed by atoms with E-state index in [1.54, 1.807) is 0 Å². The number of ether oxygens (including phenoxy) is 1. The minimum Gasteiger partial charge on any atom is -0.455 e. The second-order valence-electron chi connectivity index (χ2n) is 16.3. The molecule has 0 radical (unpaired) electrons. The lowest BCUT2D eigenvalue weighted by Crippen LogP contribution is -2.35. The van der Waals surface area contributed by atoms with E-state index < -0.39 is 5.41 Å². The lowest BCUT2D eigenvalue weighted by atomic mass is 9.61. The SMILES string of the molecule is c1ccc(-n2c3ccccc3c3cc(-c4ccc(C5(c6ccccc6)c6c(c7ccccc7c7ccccc67)Oc6c5c5ccccc5c5ccccc65)cc4)ccc32)cc1. The molecule has 0 spiro atoms. The standard InChI is InChI=1S/C59H37NO/c1-3-17-40(18-4-1)59(41-34-31-38(32-35-41)39-33-36-54-52(37-39)47-25-15-16-30-53(47)60(54)42-19-5-2-6-20-42)55-48-26-11-7-21-43(48)45-23-9-13-28-50(45)57(55)61-58-51-29-14-10-24-46(51)44-22-8-12-27-49(44)56(58)59/h1-37H. The lowest BCUT2D eigenvalue weighted by Gasteiger charge is -2.44. The molecular weight excluding hydrogens is 739 g/mol. The van der Waals surface area contributed by atoms with Gasteiger partial charge in [-0.05, 0) is 84.9 Å². The maximum absolute atomic E-state index is 7.52. The summed E-state index contributed by atoms with van der Waals surface area (Å²) in [5, 5.41) is 11.9. The zero-order valence-corrected chi connectivity index (χ0v) is 33.2. The van der Waals surface area contributed by atoms with E-state index in [0.29, 0.717) is 0 Å². The molecule has 2 heterocycles. The molecule has 2 nitrogen and oxygen atoms in total. The highest BCUT2D eigenvalue weighted by molar-refractivity contribution is 6.18. The van der Waals surface area contributed by atoms with Crippen molar-refractivity contribution >= 4 is 64.9 Å². The zero-order valence-electron chi connectivity index (χ0n) is 33.2. The molecule has 1 aliphatic rings. The van der Waals surface area contributed by atoms with Crippen LogP contribution in [-0.2, 0) is 5.41 Å². The number of hydrogen-bond donors (Lipinski definition) is 0. The highest BCUT2D eigenvalue weighted by atomic mass is 16.5. The van der Waals surface area contributed by atoms with Gasteiger partial charge in [0.1, 0.15) is 11.5 Å². The van der Waals surface area contributed by atoms with E-state index in [2.05, 4.69) is 229 Å². The molecular formula is C59H37NO. The van der Waals surface area contributed by atoms with Crippen LogP contribution in [0.3, 0.4) is 0 Å². The smallest absolute Gasteiger partial charge is 0.140 e. The molecule has 284 valence electrons. The summed E-state index contributed by atoms with van der Waals surface area (Å²) in [6.07, 6.45) is 0. The summed E-state index contributed by atoms with van der Waals surface area (Å²) in [6.45, 7) is 0. The van der Waals surface area contributed by atoms with Crippen LogP contribution in [0.25, 0.3) is 81.7 Å². The number of para-hydroxylation sites is 2. The fourth-order valence-electron chi connectivity index (χ4n) is 10.8. The van der Waals surface area contributed by atoms with Crippen molar-refractivity contribution < 1.29 is 4.74 Å². The molecule has 12 aromatic rings. The van der Waals surface area contributed by atoms with Crippen LogP contribution in [-0.4, -0.2) is 4.57 Å². The largest absolute Gasteiger partial charge is 0.455 e. The van der Waals surface area contributed by atoms with E-state index in [1.807, 2.05) is 0 Å². The fraction of sp³-hybridized carbons (Fsp3) is 0.0169. The number of hydrogen-bond acceptors (Lipinski definition) is 1. The van der Waals surface area contributed by atoms with Crippen molar-refractivity contribution in [3.8, 4) is 28.3 Å². The average molecular weight is 776 g/mol. The van der Waals surface area contributed by atoms with Gasteiger partial charge >= 0.3 is 0 Å². The minimum absolute atomic E-state index is 0.761. The molecule has 0 atom stereocenters. The van der Waals surface area contributed by atoms with Crippen molar-refractivity contribution in [1.82, 2.24) is 4.57 Å². The molecule has 0 N–H and O–H groups in total. The summed E-state index contributed by atoms with van der Waals surface area (Å²) in [5.41, 5.74) is 9.89. The van der Waals surface area contributed by atoms with E-state index in [0.717, 1.165) is 28.0 Å². The Morgan fingerprint density at radius 3 is 1.28 bits per heavy atom. The fourth-order valence-corrected chi connectivity index (χ4v) is 10.8. The van der Waals surface area contributed by atoms with Gasteiger partial charge in [-0.15, -0.1) is 0 Å². The molecule has 0 amide bonds. The predicted octanol–water partition coefficient (Wildman–Crippen LogP) is 15.6. The second kappa shape index (κ2) is 13.0. The van der Waals surface area contributed by atoms with Crippen molar-refractivity contribution in [3.63, 3.8) is 0 Å². The Balaban J connectivity index is 1.13. The molecule has 0 aliphatic carbocycles. The Morgan fingerprint density at radius 1 is 0.295 bits per heavy atom. The van der Waals surface area contributed by atoms with Gasteiger partial charge in [-0.1, -0.05) is 194 Å². The van der Waals surface area contributed by atoms with Crippen molar-refractivity contribution in [2.45, 2.75) is 5.41 Å². The first-order valence-electron chi connectivity index (χ1n) is 21.1. The minimum atomic E-state index is -0.761. The summed E-state index contributed by atoms with van der Waals surface area (Å²) in [4.78, 5) is 0. The van der Waals surface area contributed by atoms with Gasteiger partial charge in [0.25, 0.3) is 0 Å². The molecule has 0 saturated heterocycles. The molecule has 1 aromatic heterocycles.